The molecule has 1 heterocycles. The molecule has 0 aromatic carbocycles. The Balaban J connectivity index is 2.96. The number of hydrogen-bond donors (Lipinski definition) is 2. The quantitative estimate of drug-likeness (QED) is 0.769. The summed E-state index contributed by atoms with van der Waals surface area (Å²) in [6, 6.07) is 0. The van der Waals surface area contributed by atoms with Crippen LogP contribution in [0.2, 0.25) is 0 Å². The van der Waals surface area contributed by atoms with Gasteiger partial charge in [0.05, 0.1) is 0 Å². The topological polar surface area (TPSA) is 63.8 Å². The predicted octanol–water partition coefficient (Wildman–Crippen LogP) is 2.00. The molecular formula is C10H18N4. The molecule has 14 heavy (non-hydrogen) atoms. The van der Waals surface area contributed by atoms with Crippen molar-refractivity contribution in [2.24, 2.45) is 0 Å². The van der Waals surface area contributed by atoms with Crippen LogP contribution in [0.5, 0.6) is 0 Å². The van der Waals surface area contributed by atoms with Crippen LogP contribution in [0.1, 0.15) is 38.7 Å². The fourth-order valence-electron chi connectivity index (χ4n) is 1.36. The number of hydrogen-bond acceptors (Lipinski definition) is 4. The minimum atomic E-state index is 0.343. The van der Waals surface area contributed by atoms with E-state index in [0.29, 0.717) is 11.7 Å². The molecule has 0 spiro atoms. The van der Waals surface area contributed by atoms with Gasteiger partial charge in [0.25, 0.3) is 0 Å². The third-order valence-corrected chi connectivity index (χ3v) is 2.03. The lowest BCUT2D eigenvalue weighted by molar-refractivity contribution is 0.845. The van der Waals surface area contributed by atoms with Crippen LogP contribution in [0, 0.1) is 0 Å². The highest BCUT2D eigenvalue weighted by Gasteiger charge is 2.11. The second kappa shape index (κ2) is 4.79. The molecule has 3 N–H and O–H groups in total. The van der Waals surface area contributed by atoms with E-state index in [4.69, 9.17) is 5.73 Å². The van der Waals surface area contributed by atoms with E-state index in [1.54, 1.807) is 0 Å². The maximum absolute atomic E-state index is 5.80. The Morgan fingerprint density at radius 2 is 2.14 bits per heavy atom. The van der Waals surface area contributed by atoms with Crippen LogP contribution in [0.25, 0.3) is 0 Å². The Hall–Kier alpha value is -1.32. The van der Waals surface area contributed by atoms with E-state index in [0.717, 1.165) is 24.3 Å². The summed E-state index contributed by atoms with van der Waals surface area (Å²) in [5.41, 5.74) is 6.82. The molecule has 1 rings (SSSR count). The first-order valence-electron chi connectivity index (χ1n) is 5.01. The number of nitrogens with zero attached hydrogens (tertiary/aromatic N) is 2. The highest BCUT2D eigenvalue weighted by molar-refractivity contribution is 5.56. The predicted molar refractivity (Wildman–Crippen MR) is 59.3 cm³/mol. The van der Waals surface area contributed by atoms with Crippen molar-refractivity contribution in [3.63, 3.8) is 0 Å². The van der Waals surface area contributed by atoms with E-state index in [1.807, 2.05) is 0 Å². The number of anilines is 2. The van der Waals surface area contributed by atoms with Gasteiger partial charge in [-0.2, -0.15) is 0 Å². The van der Waals surface area contributed by atoms with Gasteiger partial charge in [0.1, 0.15) is 18.0 Å². The second-order valence-electron chi connectivity index (χ2n) is 3.60. The summed E-state index contributed by atoms with van der Waals surface area (Å²) in [5.74, 6) is 1.79. The van der Waals surface area contributed by atoms with Crippen LogP contribution in [0.4, 0.5) is 11.6 Å². The van der Waals surface area contributed by atoms with Crippen molar-refractivity contribution < 1.29 is 0 Å². The molecule has 4 heteroatoms. The zero-order chi connectivity index (χ0) is 10.6. The highest BCUT2D eigenvalue weighted by atomic mass is 15.0. The monoisotopic (exact) mass is 194 g/mol. The summed E-state index contributed by atoms with van der Waals surface area (Å²) in [4.78, 5) is 8.19. The first-order chi connectivity index (χ1) is 6.66. The van der Waals surface area contributed by atoms with Crippen LogP contribution in [-0.2, 0) is 0 Å². The van der Waals surface area contributed by atoms with Gasteiger partial charge in [-0.3, -0.25) is 0 Å². The van der Waals surface area contributed by atoms with Crippen molar-refractivity contribution in [2.45, 2.75) is 33.1 Å². The van der Waals surface area contributed by atoms with Gasteiger partial charge >= 0.3 is 0 Å². The van der Waals surface area contributed by atoms with Gasteiger partial charge in [0.15, 0.2) is 0 Å². The van der Waals surface area contributed by atoms with E-state index in [1.165, 1.54) is 6.33 Å². The number of aromatic nitrogens is 2. The van der Waals surface area contributed by atoms with E-state index >= 15 is 0 Å². The summed E-state index contributed by atoms with van der Waals surface area (Å²) in [6.07, 6.45) is 2.57. The summed E-state index contributed by atoms with van der Waals surface area (Å²) in [6.45, 7) is 7.21. The van der Waals surface area contributed by atoms with Gasteiger partial charge in [-0.25, -0.2) is 9.97 Å². The lowest BCUT2D eigenvalue weighted by Crippen LogP contribution is -2.09. The molecule has 0 amide bonds. The largest absolute Gasteiger partial charge is 0.383 e. The molecule has 0 unspecified atom stereocenters. The molecule has 1 aromatic rings. The third kappa shape index (κ3) is 2.34. The Morgan fingerprint density at radius 1 is 1.43 bits per heavy atom. The lowest BCUT2D eigenvalue weighted by atomic mass is 10.0. The molecule has 0 aliphatic heterocycles. The molecule has 4 nitrogen and oxygen atoms in total. The van der Waals surface area contributed by atoms with E-state index in [2.05, 4.69) is 36.1 Å². The van der Waals surface area contributed by atoms with Crippen LogP contribution in [0.3, 0.4) is 0 Å². The van der Waals surface area contributed by atoms with Gasteiger partial charge in [-0.15, -0.1) is 0 Å². The Morgan fingerprint density at radius 3 is 2.71 bits per heavy atom. The fraction of sp³-hybridized carbons (Fsp3) is 0.600. The minimum absolute atomic E-state index is 0.343. The Bertz CT molecular complexity index is 296. The van der Waals surface area contributed by atoms with E-state index in [-0.39, 0.29) is 0 Å². The summed E-state index contributed by atoms with van der Waals surface area (Å²) in [7, 11) is 0. The standard InChI is InChI=1S/C10H18N4/c1-4-5-12-10-8(7(2)3)9(11)13-6-14-10/h6-7H,4-5H2,1-3H3,(H3,11,12,13,14). The molecule has 0 saturated carbocycles. The summed E-state index contributed by atoms with van der Waals surface area (Å²) >= 11 is 0. The zero-order valence-electron chi connectivity index (χ0n) is 9.04. The minimum Gasteiger partial charge on any atom is -0.383 e. The van der Waals surface area contributed by atoms with Gasteiger partial charge in [0.2, 0.25) is 0 Å². The van der Waals surface area contributed by atoms with Gasteiger partial charge in [0, 0.05) is 12.1 Å². The Labute approximate surface area is 85.0 Å². The molecule has 78 valence electrons. The second-order valence-corrected chi connectivity index (χ2v) is 3.60. The molecule has 0 aliphatic rings. The maximum atomic E-state index is 5.80. The first-order valence-corrected chi connectivity index (χ1v) is 5.01. The summed E-state index contributed by atoms with van der Waals surface area (Å²) in [5, 5.41) is 3.25. The lowest BCUT2D eigenvalue weighted by Gasteiger charge is -2.14. The number of nitrogens with one attached hydrogen (secondary N) is 1. The van der Waals surface area contributed by atoms with Crippen molar-refractivity contribution in [1.82, 2.24) is 9.97 Å². The van der Waals surface area contributed by atoms with E-state index in [9.17, 15) is 0 Å². The number of nitrogens with two attached hydrogens (primary N) is 1. The molecule has 0 bridgehead atoms. The van der Waals surface area contributed by atoms with Crippen molar-refractivity contribution in [2.75, 3.05) is 17.6 Å². The average molecular weight is 194 g/mol. The highest BCUT2D eigenvalue weighted by Crippen LogP contribution is 2.25. The van der Waals surface area contributed by atoms with Crippen LogP contribution in [0.15, 0.2) is 6.33 Å². The molecule has 0 radical (unpaired) electrons. The van der Waals surface area contributed by atoms with Gasteiger partial charge in [-0.05, 0) is 12.3 Å². The van der Waals surface area contributed by atoms with Crippen molar-refractivity contribution in [3.05, 3.63) is 11.9 Å². The van der Waals surface area contributed by atoms with Crippen molar-refractivity contribution in [3.8, 4) is 0 Å². The molecule has 0 aliphatic carbocycles. The van der Waals surface area contributed by atoms with Gasteiger partial charge in [-0.1, -0.05) is 20.8 Å². The number of rotatable bonds is 4. The van der Waals surface area contributed by atoms with Crippen LogP contribution >= 0.6 is 0 Å². The van der Waals surface area contributed by atoms with E-state index < -0.39 is 0 Å². The van der Waals surface area contributed by atoms with Gasteiger partial charge < -0.3 is 11.1 Å². The normalized spacial score (nSPS) is 10.6. The van der Waals surface area contributed by atoms with Crippen molar-refractivity contribution >= 4 is 11.6 Å². The Kier molecular flexibility index (Phi) is 3.68. The molecule has 1 aromatic heterocycles. The zero-order valence-corrected chi connectivity index (χ0v) is 9.04. The first kappa shape index (κ1) is 10.8. The molecular weight excluding hydrogens is 176 g/mol. The average Bonchev–Trinajstić information content (AvgIpc) is 2.14. The summed E-state index contributed by atoms with van der Waals surface area (Å²) < 4.78 is 0. The van der Waals surface area contributed by atoms with Crippen LogP contribution < -0.4 is 11.1 Å². The van der Waals surface area contributed by atoms with Crippen molar-refractivity contribution in [1.29, 1.82) is 0 Å². The SMILES string of the molecule is CCCNc1ncnc(N)c1C(C)C. The third-order valence-electron chi connectivity index (χ3n) is 2.03. The number of nitrogen functional groups attached to an aromatic ring is 1. The smallest absolute Gasteiger partial charge is 0.134 e. The maximum Gasteiger partial charge on any atom is 0.134 e. The van der Waals surface area contributed by atoms with Crippen LogP contribution in [-0.4, -0.2) is 16.5 Å². The fourth-order valence-corrected chi connectivity index (χ4v) is 1.36. The molecule has 0 fully saturated rings. The molecule has 0 atom stereocenters. The molecule has 0 saturated heterocycles.